The Labute approximate surface area is 211 Å². The van der Waals surface area contributed by atoms with Crippen molar-refractivity contribution in [2.24, 2.45) is 0 Å². The Bertz CT molecular complexity index is 982. The molecular weight excluding hydrogens is 464 g/mol. The standard InChI is InChI=1S/C26H44N4O4S/c1-6-7-8-9-10-23-19(2)21(4)24(22(5)20(23)3)29-15-17-30(18-16-29)35(33,34)26(25(31)28-32)11-13-27-14-12-26/h27,32H,6-18H2,1-5H3,(H,28,31). The van der Waals surface area contributed by atoms with E-state index in [2.05, 4.69) is 44.8 Å². The molecule has 1 amide bonds. The Morgan fingerprint density at radius 2 is 1.51 bits per heavy atom. The summed E-state index contributed by atoms with van der Waals surface area (Å²) in [5, 5.41) is 12.4. The van der Waals surface area contributed by atoms with E-state index >= 15 is 0 Å². The molecule has 2 heterocycles. The van der Waals surface area contributed by atoms with Crippen LogP contribution < -0.4 is 15.7 Å². The maximum Gasteiger partial charge on any atom is 0.266 e. The molecule has 198 valence electrons. The van der Waals surface area contributed by atoms with Gasteiger partial charge in [-0.15, -0.1) is 0 Å². The molecule has 3 rings (SSSR count). The largest absolute Gasteiger partial charge is 0.368 e. The number of hydroxylamine groups is 1. The highest BCUT2D eigenvalue weighted by Gasteiger charge is 2.54. The van der Waals surface area contributed by atoms with Crippen LogP contribution in [0, 0.1) is 27.7 Å². The molecule has 1 aromatic carbocycles. The first kappa shape index (κ1) is 27.9. The van der Waals surface area contributed by atoms with Crippen molar-refractivity contribution in [2.45, 2.75) is 84.3 Å². The van der Waals surface area contributed by atoms with Crippen LogP contribution >= 0.6 is 0 Å². The second-order valence-electron chi connectivity index (χ2n) is 10.2. The zero-order valence-corrected chi connectivity index (χ0v) is 23.0. The molecule has 2 aliphatic heterocycles. The van der Waals surface area contributed by atoms with E-state index < -0.39 is 20.7 Å². The fraction of sp³-hybridized carbons (Fsp3) is 0.731. The lowest BCUT2D eigenvalue weighted by Gasteiger charge is -2.43. The van der Waals surface area contributed by atoms with Crippen molar-refractivity contribution < 1.29 is 18.4 Å². The number of sulfonamides is 1. The molecule has 0 aliphatic carbocycles. The molecule has 0 aromatic heterocycles. The van der Waals surface area contributed by atoms with E-state index in [0.717, 1.165) is 6.42 Å². The number of anilines is 1. The molecule has 2 saturated heterocycles. The van der Waals surface area contributed by atoms with Crippen LogP contribution in [0.25, 0.3) is 0 Å². The molecule has 0 spiro atoms. The van der Waals surface area contributed by atoms with Crippen molar-refractivity contribution in [1.29, 1.82) is 0 Å². The number of nitrogens with zero attached hydrogens (tertiary/aromatic N) is 2. The van der Waals surface area contributed by atoms with Gasteiger partial charge in [-0.1, -0.05) is 26.2 Å². The number of hydrogen-bond acceptors (Lipinski definition) is 6. The van der Waals surface area contributed by atoms with Gasteiger partial charge < -0.3 is 10.2 Å². The minimum atomic E-state index is -3.93. The quantitative estimate of drug-likeness (QED) is 0.269. The summed E-state index contributed by atoms with van der Waals surface area (Å²) in [7, 11) is -3.93. The van der Waals surface area contributed by atoms with E-state index in [4.69, 9.17) is 0 Å². The normalized spacial score (nSPS) is 19.1. The van der Waals surface area contributed by atoms with Gasteiger partial charge in [0, 0.05) is 31.9 Å². The fourth-order valence-corrected chi connectivity index (χ4v) is 8.02. The van der Waals surface area contributed by atoms with Crippen LogP contribution in [-0.4, -0.2) is 67.9 Å². The van der Waals surface area contributed by atoms with E-state index in [1.165, 1.54) is 63.5 Å². The van der Waals surface area contributed by atoms with Gasteiger partial charge in [-0.2, -0.15) is 4.31 Å². The highest BCUT2D eigenvalue weighted by molar-refractivity contribution is 7.91. The predicted octanol–water partition coefficient (Wildman–Crippen LogP) is 3.12. The number of benzene rings is 1. The van der Waals surface area contributed by atoms with Gasteiger partial charge in [-0.3, -0.25) is 10.0 Å². The summed E-state index contributed by atoms with van der Waals surface area (Å²) in [6.45, 7) is 13.7. The number of rotatable bonds is 9. The number of amides is 1. The second kappa shape index (κ2) is 11.6. The molecular formula is C26H44N4O4S. The molecule has 0 saturated carbocycles. The number of hydrogen-bond donors (Lipinski definition) is 3. The molecule has 0 bridgehead atoms. The van der Waals surface area contributed by atoms with Crippen LogP contribution in [0.5, 0.6) is 0 Å². The number of piperidine rings is 1. The Morgan fingerprint density at radius 1 is 0.943 bits per heavy atom. The molecule has 0 unspecified atom stereocenters. The van der Waals surface area contributed by atoms with Crippen molar-refractivity contribution >= 4 is 21.6 Å². The summed E-state index contributed by atoms with van der Waals surface area (Å²) in [5.74, 6) is -0.825. The topological polar surface area (TPSA) is 102 Å². The Balaban J connectivity index is 1.80. The lowest BCUT2D eigenvalue weighted by Crippen LogP contribution is -2.63. The first-order valence-corrected chi connectivity index (χ1v) is 14.6. The predicted molar refractivity (Wildman–Crippen MR) is 141 cm³/mol. The third-order valence-corrected chi connectivity index (χ3v) is 11.0. The third-order valence-electron chi connectivity index (χ3n) is 8.34. The molecule has 2 fully saturated rings. The van der Waals surface area contributed by atoms with Gasteiger partial charge >= 0.3 is 0 Å². The van der Waals surface area contributed by atoms with Crippen molar-refractivity contribution in [2.75, 3.05) is 44.2 Å². The van der Waals surface area contributed by atoms with Crippen molar-refractivity contribution in [3.05, 3.63) is 27.8 Å². The summed E-state index contributed by atoms with van der Waals surface area (Å²) in [4.78, 5) is 14.9. The maximum absolute atomic E-state index is 13.6. The first-order chi connectivity index (χ1) is 16.6. The van der Waals surface area contributed by atoms with Gasteiger partial charge in [0.25, 0.3) is 5.91 Å². The third kappa shape index (κ3) is 5.24. The van der Waals surface area contributed by atoms with E-state index in [-0.39, 0.29) is 12.8 Å². The molecule has 2 aliphatic rings. The number of carbonyl (C=O) groups is 1. The molecule has 1 aromatic rings. The number of piperazine rings is 1. The lowest BCUT2D eigenvalue weighted by atomic mass is 9.88. The van der Waals surface area contributed by atoms with E-state index in [1.54, 1.807) is 5.48 Å². The van der Waals surface area contributed by atoms with Gasteiger partial charge in [0.2, 0.25) is 10.0 Å². The van der Waals surface area contributed by atoms with Crippen LogP contribution in [0.3, 0.4) is 0 Å². The highest BCUT2D eigenvalue weighted by atomic mass is 32.2. The van der Waals surface area contributed by atoms with Gasteiger partial charge in [-0.05, 0) is 94.3 Å². The Kier molecular flexibility index (Phi) is 9.23. The molecule has 0 atom stereocenters. The Morgan fingerprint density at radius 3 is 2.03 bits per heavy atom. The maximum atomic E-state index is 13.6. The smallest absolute Gasteiger partial charge is 0.266 e. The van der Waals surface area contributed by atoms with Gasteiger partial charge in [-0.25, -0.2) is 13.9 Å². The van der Waals surface area contributed by atoms with Crippen molar-refractivity contribution in [3.8, 4) is 0 Å². The second-order valence-corrected chi connectivity index (χ2v) is 12.5. The van der Waals surface area contributed by atoms with E-state index in [0.29, 0.717) is 39.3 Å². The molecule has 9 heteroatoms. The molecule has 8 nitrogen and oxygen atoms in total. The highest BCUT2D eigenvalue weighted by Crippen LogP contribution is 2.36. The zero-order valence-electron chi connectivity index (χ0n) is 22.2. The van der Waals surface area contributed by atoms with Crippen LogP contribution in [0.15, 0.2) is 0 Å². The van der Waals surface area contributed by atoms with Gasteiger partial charge in [0.05, 0.1) is 0 Å². The van der Waals surface area contributed by atoms with Crippen LogP contribution in [-0.2, 0) is 21.2 Å². The number of carbonyl (C=O) groups excluding carboxylic acids is 1. The van der Waals surface area contributed by atoms with Crippen LogP contribution in [0.2, 0.25) is 0 Å². The summed E-state index contributed by atoms with van der Waals surface area (Å²) >= 11 is 0. The van der Waals surface area contributed by atoms with Crippen LogP contribution in [0.4, 0.5) is 5.69 Å². The summed E-state index contributed by atoms with van der Waals surface area (Å²) in [6, 6.07) is 0. The summed E-state index contributed by atoms with van der Waals surface area (Å²) in [6.07, 6.45) is 6.39. The lowest BCUT2D eigenvalue weighted by molar-refractivity contribution is -0.132. The van der Waals surface area contributed by atoms with E-state index in [9.17, 15) is 18.4 Å². The van der Waals surface area contributed by atoms with Gasteiger partial charge in [0.15, 0.2) is 4.75 Å². The number of unbranched alkanes of at least 4 members (excludes halogenated alkanes) is 3. The summed E-state index contributed by atoms with van der Waals surface area (Å²) in [5.41, 5.74) is 9.57. The van der Waals surface area contributed by atoms with E-state index in [1.807, 2.05) is 0 Å². The van der Waals surface area contributed by atoms with Gasteiger partial charge in [0.1, 0.15) is 0 Å². The first-order valence-electron chi connectivity index (χ1n) is 13.1. The Hall–Kier alpha value is -1.68. The average molecular weight is 509 g/mol. The van der Waals surface area contributed by atoms with Crippen molar-refractivity contribution in [3.63, 3.8) is 0 Å². The summed E-state index contributed by atoms with van der Waals surface area (Å²) < 4.78 is 27.1. The minimum absolute atomic E-state index is 0.151. The molecule has 0 radical (unpaired) electrons. The van der Waals surface area contributed by atoms with Crippen LogP contribution in [0.1, 0.15) is 73.3 Å². The zero-order chi connectivity index (χ0) is 25.8. The monoisotopic (exact) mass is 508 g/mol. The average Bonchev–Trinajstić information content (AvgIpc) is 2.87. The number of nitrogens with one attached hydrogen (secondary N) is 2. The molecule has 35 heavy (non-hydrogen) atoms. The molecule has 3 N–H and O–H groups in total. The minimum Gasteiger partial charge on any atom is -0.368 e. The van der Waals surface area contributed by atoms with Crippen molar-refractivity contribution in [1.82, 2.24) is 15.1 Å². The SMILES string of the molecule is CCCCCCc1c(C)c(C)c(N2CCN(S(=O)(=O)C3(C(=O)NO)CCNCC3)CC2)c(C)c1C. The fourth-order valence-electron chi connectivity index (χ4n) is 5.88.